The van der Waals surface area contributed by atoms with Crippen LogP contribution in [0, 0.1) is 11.3 Å². The summed E-state index contributed by atoms with van der Waals surface area (Å²) in [6.07, 6.45) is 4.61. The monoisotopic (exact) mass is 411 g/mol. The van der Waals surface area contributed by atoms with Gasteiger partial charge in [-0.2, -0.15) is 5.26 Å². The summed E-state index contributed by atoms with van der Waals surface area (Å²) in [5, 5.41) is 15.8. The molecule has 0 radical (unpaired) electrons. The van der Waals surface area contributed by atoms with Gasteiger partial charge in [0.05, 0.1) is 18.7 Å². The molecule has 0 amide bonds. The van der Waals surface area contributed by atoms with Crippen LogP contribution in [0.2, 0.25) is 0 Å². The van der Waals surface area contributed by atoms with Crippen molar-refractivity contribution in [2.45, 2.75) is 33.6 Å². The largest absolute Gasteiger partial charge is 0.372 e. The fourth-order valence-electron chi connectivity index (χ4n) is 3.07. The average Bonchev–Trinajstić information content (AvgIpc) is 2.73. The first-order chi connectivity index (χ1) is 14.1. The normalized spacial score (nSPS) is 10.1. The summed E-state index contributed by atoms with van der Waals surface area (Å²) in [6, 6.07) is 10.4. The predicted molar refractivity (Wildman–Crippen MR) is 125 cm³/mol. The van der Waals surface area contributed by atoms with Crippen molar-refractivity contribution in [1.82, 2.24) is 9.97 Å². The molecule has 0 aliphatic heterocycles. The Balaban J connectivity index is 2.08. The molecule has 29 heavy (non-hydrogen) atoms. The third kappa shape index (κ3) is 6.57. The maximum absolute atomic E-state index is 8.94. The van der Waals surface area contributed by atoms with E-state index in [0.717, 1.165) is 43.2 Å². The Bertz CT molecular complexity index is 813. The van der Waals surface area contributed by atoms with Crippen LogP contribution < -0.4 is 20.4 Å². The van der Waals surface area contributed by atoms with E-state index in [1.807, 2.05) is 12.1 Å². The second-order valence-corrected chi connectivity index (χ2v) is 6.86. The fourth-order valence-corrected chi connectivity index (χ4v) is 3.30. The van der Waals surface area contributed by atoms with Crippen molar-refractivity contribution in [2.75, 3.05) is 46.6 Å². The molecule has 2 aromatic rings. The molecule has 154 valence electrons. The minimum atomic E-state index is 0.436. The maximum Gasteiger partial charge on any atom is 0.175 e. The highest BCUT2D eigenvalue weighted by molar-refractivity contribution is 7.80. The zero-order chi connectivity index (χ0) is 21.1. The van der Waals surface area contributed by atoms with Gasteiger partial charge in [-0.3, -0.25) is 0 Å². The molecule has 0 saturated heterocycles. The summed E-state index contributed by atoms with van der Waals surface area (Å²) in [5.74, 6) is 0.748. The van der Waals surface area contributed by atoms with Crippen molar-refractivity contribution >= 4 is 40.2 Å². The molecule has 0 atom stereocenters. The highest BCUT2D eigenvalue weighted by Crippen LogP contribution is 2.23. The number of rotatable bonds is 10. The summed E-state index contributed by atoms with van der Waals surface area (Å²) in [5.41, 5.74) is 2.81. The number of hydrogen-bond acceptors (Lipinski definition) is 6. The molecule has 0 unspecified atom stereocenters. The highest BCUT2D eigenvalue weighted by atomic mass is 32.1. The van der Waals surface area contributed by atoms with Crippen molar-refractivity contribution in [3.8, 4) is 6.07 Å². The van der Waals surface area contributed by atoms with Crippen LogP contribution in [0.25, 0.3) is 0 Å². The van der Waals surface area contributed by atoms with Crippen LogP contribution >= 0.6 is 12.2 Å². The molecule has 1 aromatic heterocycles. The Kier molecular flexibility index (Phi) is 9.12. The van der Waals surface area contributed by atoms with Crippen LogP contribution in [0.3, 0.4) is 0 Å². The SMILES string of the molecule is CCCN(CCC#N)c1ncncc1NC(=S)Nc1ccc(N(CC)CC)cc1. The zero-order valence-electron chi connectivity index (χ0n) is 17.4. The molecule has 2 N–H and O–H groups in total. The van der Waals surface area contributed by atoms with E-state index in [9.17, 15) is 0 Å². The first kappa shape index (κ1) is 22.4. The van der Waals surface area contributed by atoms with Gasteiger partial charge in [0, 0.05) is 37.6 Å². The van der Waals surface area contributed by atoms with E-state index < -0.39 is 0 Å². The van der Waals surface area contributed by atoms with Crippen LogP contribution in [0.5, 0.6) is 0 Å². The zero-order valence-corrected chi connectivity index (χ0v) is 18.2. The molecule has 1 heterocycles. The van der Waals surface area contributed by atoms with E-state index in [2.05, 4.69) is 69.4 Å². The van der Waals surface area contributed by atoms with Crippen molar-refractivity contribution in [1.29, 1.82) is 5.26 Å². The minimum absolute atomic E-state index is 0.436. The molecule has 0 spiro atoms. The third-order valence-corrected chi connectivity index (χ3v) is 4.68. The molecule has 0 saturated carbocycles. The molecule has 0 bridgehead atoms. The van der Waals surface area contributed by atoms with Crippen molar-refractivity contribution in [3.05, 3.63) is 36.8 Å². The molecule has 0 aliphatic rings. The standard InChI is InChI=1S/C21H29N7S/c1-4-13-28(14-7-12-22)20-19(15-23-16-24-20)26-21(29)25-17-8-10-18(11-9-17)27(5-2)6-3/h8-11,15-16H,4-7,13-14H2,1-3H3,(H2,25,26,29). The van der Waals surface area contributed by atoms with Gasteiger partial charge in [0.2, 0.25) is 0 Å². The molecule has 7 nitrogen and oxygen atoms in total. The molecule has 2 rings (SSSR count). The third-order valence-electron chi connectivity index (χ3n) is 4.48. The van der Waals surface area contributed by atoms with E-state index in [0.29, 0.717) is 18.1 Å². The van der Waals surface area contributed by atoms with E-state index >= 15 is 0 Å². The Morgan fingerprint density at radius 1 is 1.07 bits per heavy atom. The van der Waals surface area contributed by atoms with Gasteiger partial charge < -0.3 is 20.4 Å². The Labute approximate surface area is 178 Å². The lowest BCUT2D eigenvalue weighted by atomic mass is 10.2. The summed E-state index contributed by atoms with van der Waals surface area (Å²) in [4.78, 5) is 12.9. The summed E-state index contributed by atoms with van der Waals surface area (Å²) < 4.78 is 0. The van der Waals surface area contributed by atoms with Crippen LogP contribution in [0.4, 0.5) is 22.9 Å². The Morgan fingerprint density at radius 3 is 2.41 bits per heavy atom. The lowest BCUT2D eigenvalue weighted by molar-refractivity contribution is 0.755. The number of nitrogens with one attached hydrogen (secondary N) is 2. The van der Waals surface area contributed by atoms with Crippen LogP contribution in [0.15, 0.2) is 36.8 Å². The lowest BCUT2D eigenvalue weighted by Crippen LogP contribution is -2.28. The van der Waals surface area contributed by atoms with Crippen LogP contribution in [-0.2, 0) is 0 Å². The van der Waals surface area contributed by atoms with Gasteiger partial charge in [0.25, 0.3) is 0 Å². The Hall–Kier alpha value is -2.92. The number of nitrogens with zero attached hydrogens (tertiary/aromatic N) is 5. The van der Waals surface area contributed by atoms with Gasteiger partial charge in [-0.15, -0.1) is 0 Å². The smallest absolute Gasteiger partial charge is 0.175 e. The van der Waals surface area contributed by atoms with Crippen LogP contribution in [0.1, 0.15) is 33.6 Å². The number of thiocarbonyl (C=S) groups is 1. The first-order valence-electron chi connectivity index (χ1n) is 9.97. The fraction of sp³-hybridized carbons (Fsp3) is 0.429. The van der Waals surface area contributed by atoms with E-state index in [-0.39, 0.29) is 0 Å². The molecular formula is C21H29N7S. The number of hydrogen-bond donors (Lipinski definition) is 2. The van der Waals surface area contributed by atoms with E-state index in [1.54, 1.807) is 6.20 Å². The van der Waals surface area contributed by atoms with Gasteiger partial charge in [0.15, 0.2) is 10.9 Å². The topological polar surface area (TPSA) is 80.1 Å². The highest BCUT2D eigenvalue weighted by Gasteiger charge is 2.13. The van der Waals surface area contributed by atoms with Gasteiger partial charge in [0.1, 0.15) is 12.0 Å². The summed E-state index contributed by atoms with van der Waals surface area (Å²) in [6.45, 7) is 9.75. The average molecular weight is 412 g/mol. The second kappa shape index (κ2) is 11.8. The van der Waals surface area contributed by atoms with Crippen molar-refractivity contribution in [3.63, 3.8) is 0 Å². The number of nitriles is 1. The van der Waals surface area contributed by atoms with Crippen molar-refractivity contribution in [2.24, 2.45) is 0 Å². The number of aromatic nitrogens is 2. The molecular weight excluding hydrogens is 382 g/mol. The van der Waals surface area contributed by atoms with Gasteiger partial charge >= 0.3 is 0 Å². The second-order valence-electron chi connectivity index (χ2n) is 6.45. The lowest BCUT2D eigenvalue weighted by Gasteiger charge is -2.24. The summed E-state index contributed by atoms with van der Waals surface area (Å²) >= 11 is 5.49. The molecule has 1 aromatic carbocycles. The predicted octanol–water partition coefficient (Wildman–Crippen LogP) is 4.26. The quantitative estimate of drug-likeness (QED) is 0.561. The molecule has 0 aliphatic carbocycles. The van der Waals surface area contributed by atoms with E-state index in [4.69, 9.17) is 17.5 Å². The molecule has 0 fully saturated rings. The maximum atomic E-state index is 8.94. The van der Waals surface area contributed by atoms with Gasteiger partial charge in [-0.25, -0.2) is 9.97 Å². The summed E-state index contributed by atoms with van der Waals surface area (Å²) in [7, 11) is 0. The van der Waals surface area contributed by atoms with Crippen LogP contribution in [-0.4, -0.2) is 41.3 Å². The van der Waals surface area contributed by atoms with Gasteiger partial charge in [-0.1, -0.05) is 6.92 Å². The first-order valence-corrected chi connectivity index (χ1v) is 10.4. The van der Waals surface area contributed by atoms with E-state index in [1.165, 1.54) is 12.0 Å². The Morgan fingerprint density at radius 2 is 1.79 bits per heavy atom. The van der Waals surface area contributed by atoms with Crippen molar-refractivity contribution < 1.29 is 0 Å². The van der Waals surface area contributed by atoms with Gasteiger partial charge in [-0.05, 0) is 56.8 Å². The minimum Gasteiger partial charge on any atom is -0.372 e. The molecule has 8 heteroatoms. The number of benzene rings is 1. The number of anilines is 4.